The Labute approximate surface area is 109 Å². The van der Waals surface area contributed by atoms with Crippen LogP contribution in [0.2, 0.25) is 0 Å². The predicted molar refractivity (Wildman–Crippen MR) is 70.8 cm³/mol. The molecular formula is C15H21NO2. The zero-order valence-electron chi connectivity index (χ0n) is 10.9. The summed E-state index contributed by atoms with van der Waals surface area (Å²) in [6.07, 6.45) is 2.51. The van der Waals surface area contributed by atoms with E-state index in [2.05, 4.69) is 6.92 Å². The summed E-state index contributed by atoms with van der Waals surface area (Å²) in [6, 6.07) is 11.7. The fraction of sp³-hybridized carbons (Fsp3) is 0.533. The Hall–Kier alpha value is -1.37. The largest absolute Gasteiger partial charge is 0.375 e. The van der Waals surface area contributed by atoms with Crippen LogP contribution in [0.1, 0.15) is 38.2 Å². The van der Waals surface area contributed by atoms with Crippen molar-refractivity contribution in [1.82, 2.24) is 0 Å². The van der Waals surface area contributed by atoms with Crippen molar-refractivity contribution in [3.8, 4) is 6.07 Å². The van der Waals surface area contributed by atoms with Crippen LogP contribution in [0.4, 0.5) is 0 Å². The second-order valence-electron chi connectivity index (χ2n) is 4.40. The quantitative estimate of drug-likeness (QED) is 0.567. The Balaban J connectivity index is 2.43. The lowest BCUT2D eigenvalue weighted by Gasteiger charge is -2.19. The van der Waals surface area contributed by atoms with Gasteiger partial charge in [-0.15, -0.1) is 0 Å². The van der Waals surface area contributed by atoms with Crippen molar-refractivity contribution in [2.24, 2.45) is 0 Å². The maximum atomic E-state index is 9.61. The van der Waals surface area contributed by atoms with Gasteiger partial charge in [-0.25, -0.2) is 0 Å². The third kappa shape index (κ3) is 5.31. The topological polar surface area (TPSA) is 53.2 Å². The summed E-state index contributed by atoms with van der Waals surface area (Å²) in [6.45, 7) is 2.57. The number of unbranched alkanes of at least 4 members (excludes halogenated alkanes) is 2. The Morgan fingerprint density at radius 2 is 2.00 bits per heavy atom. The molecule has 0 unspecified atom stereocenters. The van der Waals surface area contributed by atoms with Crippen molar-refractivity contribution >= 4 is 0 Å². The van der Waals surface area contributed by atoms with Gasteiger partial charge in [0, 0.05) is 0 Å². The van der Waals surface area contributed by atoms with Gasteiger partial charge in [-0.05, 0) is 12.0 Å². The standard InChI is InChI=1S/C15H21NO2/c1-2-3-5-10-15(14(17)11-16)18-12-13-8-6-4-7-9-13/h4,6-9,14-15,17H,2-3,5,10,12H2,1H3/t14-,15-/m0/s1. The lowest BCUT2D eigenvalue weighted by atomic mass is 10.1. The fourth-order valence-electron chi connectivity index (χ4n) is 1.79. The van der Waals surface area contributed by atoms with E-state index in [0.29, 0.717) is 6.61 Å². The molecule has 18 heavy (non-hydrogen) atoms. The van der Waals surface area contributed by atoms with Gasteiger partial charge in [0.1, 0.15) is 0 Å². The van der Waals surface area contributed by atoms with Crippen LogP contribution >= 0.6 is 0 Å². The lowest BCUT2D eigenvalue weighted by molar-refractivity contribution is -0.0292. The Morgan fingerprint density at radius 3 is 2.61 bits per heavy atom. The minimum absolute atomic E-state index is 0.387. The average molecular weight is 247 g/mol. The second kappa shape index (κ2) is 8.68. The molecule has 0 saturated carbocycles. The normalized spacial score (nSPS) is 13.8. The SMILES string of the molecule is CCCCC[C@H](OCc1ccccc1)[C@@H](O)C#N. The van der Waals surface area contributed by atoms with Crippen molar-refractivity contribution in [3.05, 3.63) is 35.9 Å². The lowest BCUT2D eigenvalue weighted by Crippen LogP contribution is -2.27. The van der Waals surface area contributed by atoms with Gasteiger partial charge < -0.3 is 9.84 Å². The van der Waals surface area contributed by atoms with E-state index >= 15 is 0 Å². The Morgan fingerprint density at radius 1 is 1.28 bits per heavy atom. The van der Waals surface area contributed by atoms with E-state index in [1.807, 2.05) is 36.4 Å². The van der Waals surface area contributed by atoms with Crippen LogP contribution < -0.4 is 0 Å². The fourth-order valence-corrected chi connectivity index (χ4v) is 1.79. The van der Waals surface area contributed by atoms with Crippen LogP contribution in [0.5, 0.6) is 0 Å². The number of benzene rings is 1. The van der Waals surface area contributed by atoms with Crippen molar-refractivity contribution in [1.29, 1.82) is 5.26 Å². The first-order valence-electron chi connectivity index (χ1n) is 6.51. The monoisotopic (exact) mass is 247 g/mol. The number of ether oxygens (including phenoxy) is 1. The van der Waals surface area contributed by atoms with E-state index in [0.717, 1.165) is 31.2 Å². The molecule has 0 fully saturated rings. The third-order valence-corrected chi connectivity index (χ3v) is 2.88. The molecule has 0 saturated heterocycles. The van der Waals surface area contributed by atoms with E-state index in [-0.39, 0.29) is 6.10 Å². The molecule has 0 aliphatic heterocycles. The summed E-state index contributed by atoms with van der Waals surface area (Å²) in [5, 5.41) is 18.4. The van der Waals surface area contributed by atoms with Crippen molar-refractivity contribution < 1.29 is 9.84 Å². The Bertz CT molecular complexity index is 359. The van der Waals surface area contributed by atoms with Gasteiger partial charge >= 0.3 is 0 Å². The van der Waals surface area contributed by atoms with Gasteiger partial charge in [-0.3, -0.25) is 0 Å². The van der Waals surface area contributed by atoms with E-state index in [1.165, 1.54) is 0 Å². The van der Waals surface area contributed by atoms with Gasteiger partial charge in [0.2, 0.25) is 0 Å². The highest BCUT2D eigenvalue weighted by Crippen LogP contribution is 2.13. The predicted octanol–water partition coefficient (Wildman–Crippen LogP) is 3.04. The first kappa shape index (κ1) is 14.7. The number of rotatable bonds is 8. The zero-order valence-corrected chi connectivity index (χ0v) is 10.9. The summed E-state index contributed by atoms with van der Waals surface area (Å²) >= 11 is 0. The van der Waals surface area contributed by atoms with Crippen molar-refractivity contribution in [3.63, 3.8) is 0 Å². The minimum atomic E-state index is -1.04. The molecule has 0 aromatic heterocycles. The first-order valence-corrected chi connectivity index (χ1v) is 6.51. The second-order valence-corrected chi connectivity index (χ2v) is 4.40. The van der Waals surface area contributed by atoms with Gasteiger partial charge in [0.25, 0.3) is 0 Å². The number of hydrogen-bond donors (Lipinski definition) is 1. The molecule has 3 heteroatoms. The maximum absolute atomic E-state index is 9.61. The van der Waals surface area contributed by atoms with Crippen LogP contribution in [0.25, 0.3) is 0 Å². The summed E-state index contributed by atoms with van der Waals surface area (Å²) in [7, 11) is 0. The molecule has 1 aromatic rings. The third-order valence-electron chi connectivity index (χ3n) is 2.88. The molecule has 0 radical (unpaired) electrons. The van der Waals surface area contributed by atoms with Crippen LogP contribution in [0.15, 0.2) is 30.3 Å². The van der Waals surface area contributed by atoms with Gasteiger partial charge in [0.15, 0.2) is 6.10 Å². The summed E-state index contributed by atoms with van der Waals surface area (Å²) < 4.78 is 5.65. The highest BCUT2D eigenvalue weighted by molar-refractivity contribution is 5.13. The average Bonchev–Trinajstić information content (AvgIpc) is 2.43. The van der Waals surface area contributed by atoms with Crippen LogP contribution in [0.3, 0.4) is 0 Å². The summed E-state index contributed by atoms with van der Waals surface area (Å²) in [5.41, 5.74) is 1.06. The molecule has 98 valence electrons. The molecule has 0 amide bonds. The highest BCUT2D eigenvalue weighted by Gasteiger charge is 2.18. The minimum Gasteiger partial charge on any atom is -0.375 e. The molecule has 1 aromatic carbocycles. The summed E-state index contributed by atoms with van der Waals surface area (Å²) in [5.74, 6) is 0. The number of nitriles is 1. The van der Waals surface area contributed by atoms with Gasteiger partial charge in [-0.1, -0.05) is 56.5 Å². The molecule has 3 nitrogen and oxygen atoms in total. The van der Waals surface area contributed by atoms with Crippen LogP contribution in [0, 0.1) is 11.3 Å². The number of nitrogens with zero attached hydrogens (tertiary/aromatic N) is 1. The zero-order chi connectivity index (χ0) is 13.2. The molecule has 0 heterocycles. The Kier molecular flexibility index (Phi) is 7.09. The van der Waals surface area contributed by atoms with E-state index < -0.39 is 6.10 Å². The van der Waals surface area contributed by atoms with Crippen molar-refractivity contribution in [2.75, 3.05) is 0 Å². The molecule has 2 atom stereocenters. The van der Waals surface area contributed by atoms with Crippen molar-refractivity contribution in [2.45, 2.75) is 51.4 Å². The highest BCUT2D eigenvalue weighted by atomic mass is 16.5. The molecule has 0 spiro atoms. The van der Waals surface area contributed by atoms with E-state index in [1.54, 1.807) is 0 Å². The molecule has 0 aliphatic carbocycles. The smallest absolute Gasteiger partial charge is 0.166 e. The number of aliphatic hydroxyl groups is 1. The van der Waals surface area contributed by atoms with Crippen LogP contribution in [-0.2, 0) is 11.3 Å². The molecular weight excluding hydrogens is 226 g/mol. The van der Waals surface area contributed by atoms with E-state index in [4.69, 9.17) is 10.00 Å². The molecule has 0 aliphatic rings. The molecule has 1 N–H and O–H groups in total. The number of hydrogen-bond acceptors (Lipinski definition) is 3. The maximum Gasteiger partial charge on any atom is 0.166 e. The van der Waals surface area contributed by atoms with Gasteiger partial charge in [-0.2, -0.15) is 5.26 Å². The summed E-state index contributed by atoms with van der Waals surface area (Å²) in [4.78, 5) is 0. The molecule has 1 rings (SSSR count). The first-order chi connectivity index (χ1) is 8.77. The van der Waals surface area contributed by atoms with Crippen LogP contribution in [-0.4, -0.2) is 17.3 Å². The molecule has 0 bridgehead atoms. The van der Waals surface area contributed by atoms with Gasteiger partial charge in [0.05, 0.1) is 18.8 Å². The number of aliphatic hydroxyl groups excluding tert-OH is 1. The van der Waals surface area contributed by atoms with E-state index in [9.17, 15) is 5.11 Å².